The van der Waals surface area contributed by atoms with E-state index >= 15 is 0 Å². The molecule has 1 fully saturated rings. The minimum absolute atomic E-state index is 0.0574. The van der Waals surface area contributed by atoms with E-state index in [2.05, 4.69) is 42.1 Å². The second kappa shape index (κ2) is 6.85. The average Bonchev–Trinajstić information content (AvgIpc) is 2.88. The lowest BCUT2D eigenvalue weighted by Gasteiger charge is -2.35. The average molecular weight is 329 g/mol. The zero-order valence-corrected chi connectivity index (χ0v) is 15.0. The number of morpholine rings is 1. The number of nitrogens with one attached hydrogen (secondary N) is 1. The molecule has 2 unspecified atom stereocenters. The molecule has 1 aliphatic rings. The molecule has 2 heterocycles. The van der Waals surface area contributed by atoms with E-state index in [0.717, 1.165) is 17.6 Å². The van der Waals surface area contributed by atoms with Crippen molar-refractivity contribution in [3.05, 3.63) is 30.5 Å². The van der Waals surface area contributed by atoms with E-state index in [1.807, 2.05) is 30.9 Å². The van der Waals surface area contributed by atoms with E-state index < -0.39 is 0 Å². The van der Waals surface area contributed by atoms with Crippen molar-refractivity contribution in [1.29, 1.82) is 0 Å². The summed E-state index contributed by atoms with van der Waals surface area (Å²) >= 11 is 0. The number of anilines is 1. The molecule has 0 radical (unpaired) electrons. The van der Waals surface area contributed by atoms with Crippen LogP contribution in [0.15, 0.2) is 30.5 Å². The van der Waals surface area contributed by atoms with Gasteiger partial charge in [-0.3, -0.25) is 0 Å². The van der Waals surface area contributed by atoms with Crippen molar-refractivity contribution in [2.45, 2.75) is 46.4 Å². The summed E-state index contributed by atoms with van der Waals surface area (Å²) in [5, 5.41) is 4.17. The van der Waals surface area contributed by atoms with Crippen LogP contribution in [0.4, 0.5) is 10.5 Å². The first-order valence-corrected chi connectivity index (χ1v) is 8.72. The minimum atomic E-state index is -0.0574. The number of hydrogen-bond donors (Lipinski definition) is 1. The molecule has 2 atom stereocenters. The number of nitrogens with zero attached hydrogens (tertiary/aromatic N) is 2. The van der Waals surface area contributed by atoms with Crippen LogP contribution in [0.1, 0.15) is 27.7 Å². The number of ether oxygens (including phenoxy) is 1. The first kappa shape index (κ1) is 16.8. The third-order valence-electron chi connectivity index (χ3n) is 4.29. The third-order valence-corrected chi connectivity index (χ3v) is 4.29. The van der Waals surface area contributed by atoms with E-state index in [9.17, 15) is 4.79 Å². The molecule has 130 valence electrons. The van der Waals surface area contributed by atoms with Gasteiger partial charge in [0.15, 0.2) is 0 Å². The number of benzene rings is 1. The van der Waals surface area contributed by atoms with Crippen molar-refractivity contribution in [3.8, 4) is 0 Å². The predicted molar refractivity (Wildman–Crippen MR) is 97.4 cm³/mol. The van der Waals surface area contributed by atoms with Crippen molar-refractivity contribution in [1.82, 2.24) is 9.47 Å². The van der Waals surface area contributed by atoms with Gasteiger partial charge in [-0.15, -0.1) is 0 Å². The molecule has 24 heavy (non-hydrogen) atoms. The summed E-state index contributed by atoms with van der Waals surface area (Å²) in [6.45, 7) is 10.7. The smallest absolute Gasteiger partial charge is 0.322 e. The Hall–Kier alpha value is -2.01. The van der Waals surface area contributed by atoms with Gasteiger partial charge in [0.2, 0.25) is 0 Å². The van der Waals surface area contributed by atoms with Gasteiger partial charge in [0.05, 0.1) is 12.2 Å². The fourth-order valence-electron chi connectivity index (χ4n) is 3.38. The van der Waals surface area contributed by atoms with Crippen LogP contribution >= 0.6 is 0 Å². The second-order valence-corrected chi connectivity index (χ2v) is 7.23. The van der Waals surface area contributed by atoms with Gasteiger partial charge in [-0.05, 0) is 44.0 Å². The quantitative estimate of drug-likeness (QED) is 0.927. The molecular weight excluding hydrogens is 302 g/mol. The third kappa shape index (κ3) is 3.73. The summed E-state index contributed by atoms with van der Waals surface area (Å²) in [4.78, 5) is 14.3. The Labute approximate surface area is 143 Å². The van der Waals surface area contributed by atoms with Crippen molar-refractivity contribution in [2.24, 2.45) is 5.92 Å². The van der Waals surface area contributed by atoms with Gasteiger partial charge in [0, 0.05) is 42.4 Å². The molecule has 0 saturated carbocycles. The van der Waals surface area contributed by atoms with Crippen LogP contribution in [0.2, 0.25) is 0 Å². The Morgan fingerprint density at radius 2 is 1.96 bits per heavy atom. The maximum atomic E-state index is 12.5. The van der Waals surface area contributed by atoms with E-state index in [1.54, 1.807) is 0 Å². The Balaban J connectivity index is 1.72. The van der Waals surface area contributed by atoms with Crippen molar-refractivity contribution in [2.75, 3.05) is 18.4 Å². The molecule has 1 aromatic heterocycles. The highest BCUT2D eigenvalue weighted by Crippen LogP contribution is 2.22. The van der Waals surface area contributed by atoms with Gasteiger partial charge >= 0.3 is 6.03 Å². The SMILES string of the molecule is CC(C)Cn1ccc2cc(NC(=O)N3CC(C)OC(C)C3)ccc21. The summed E-state index contributed by atoms with van der Waals surface area (Å²) in [6, 6.07) is 8.14. The van der Waals surface area contributed by atoms with E-state index in [1.165, 1.54) is 5.52 Å². The van der Waals surface area contributed by atoms with E-state index in [-0.39, 0.29) is 18.2 Å². The maximum absolute atomic E-state index is 12.5. The molecular formula is C19H27N3O2. The van der Waals surface area contributed by atoms with Gasteiger partial charge in [-0.1, -0.05) is 13.8 Å². The minimum Gasteiger partial charge on any atom is -0.372 e. The maximum Gasteiger partial charge on any atom is 0.322 e. The standard InChI is InChI=1S/C19H27N3O2/c1-13(2)10-21-8-7-16-9-17(5-6-18(16)21)20-19(23)22-11-14(3)24-15(4)12-22/h5-9,13-15H,10-12H2,1-4H3,(H,20,23). The molecule has 0 aliphatic carbocycles. The van der Waals surface area contributed by atoms with Crippen LogP contribution in [-0.2, 0) is 11.3 Å². The van der Waals surface area contributed by atoms with Crippen LogP contribution < -0.4 is 5.32 Å². The summed E-state index contributed by atoms with van der Waals surface area (Å²) < 4.78 is 7.95. The Bertz CT molecular complexity index is 712. The molecule has 5 heteroatoms. The van der Waals surface area contributed by atoms with Crippen LogP contribution in [0.3, 0.4) is 0 Å². The molecule has 0 spiro atoms. The summed E-state index contributed by atoms with van der Waals surface area (Å²) in [7, 11) is 0. The highest BCUT2D eigenvalue weighted by molar-refractivity contribution is 5.93. The largest absolute Gasteiger partial charge is 0.372 e. The monoisotopic (exact) mass is 329 g/mol. The lowest BCUT2D eigenvalue weighted by Crippen LogP contribution is -2.49. The normalized spacial score (nSPS) is 21.5. The van der Waals surface area contributed by atoms with Crippen molar-refractivity contribution < 1.29 is 9.53 Å². The first-order valence-electron chi connectivity index (χ1n) is 8.72. The van der Waals surface area contributed by atoms with Crippen molar-refractivity contribution in [3.63, 3.8) is 0 Å². The van der Waals surface area contributed by atoms with Crippen LogP contribution in [0, 0.1) is 5.92 Å². The van der Waals surface area contributed by atoms with Gasteiger partial charge in [0.1, 0.15) is 0 Å². The number of urea groups is 1. The summed E-state index contributed by atoms with van der Waals surface area (Å²) in [6.07, 6.45) is 2.26. The van der Waals surface area contributed by atoms with Gasteiger partial charge in [-0.2, -0.15) is 0 Å². The molecule has 1 aliphatic heterocycles. The summed E-state index contributed by atoms with van der Waals surface area (Å²) in [5.74, 6) is 0.602. The lowest BCUT2D eigenvalue weighted by molar-refractivity contribution is -0.0530. The number of rotatable bonds is 3. The fourth-order valence-corrected chi connectivity index (χ4v) is 3.38. The van der Waals surface area contributed by atoms with Crippen LogP contribution in [0.25, 0.3) is 10.9 Å². The number of carbonyl (C=O) groups excluding carboxylic acids is 1. The zero-order chi connectivity index (χ0) is 17.3. The van der Waals surface area contributed by atoms with Crippen LogP contribution in [-0.4, -0.2) is 40.8 Å². The number of aromatic nitrogens is 1. The lowest BCUT2D eigenvalue weighted by atomic mass is 10.2. The molecule has 2 amide bonds. The topological polar surface area (TPSA) is 46.5 Å². The Morgan fingerprint density at radius 3 is 2.62 bits per heavy atom. The zero-order valence-electron chi connectivity index (χ0n) is 15.0. The van der Waals surface area contributed by atoms with Gasteiger partial charge in [0.25, 0.3) is 0 Å². The second-order valence-electron chi connectivity index (χ2n) is 7.23. The number of hydrogen-bond acceptors (Lipinski definition) is 2. The van der Waals surface area contributed by atoms with E-state index in [0.29, 0.717) is 19.0 Å². The number of fused-ring (bicyclic) bond motifs is 1. The summed E-state index contributed by atoms with van der Waals surface area (Å²) in [5.41, 5.74) is 2.04. The van der Waals surface area contributed by atoms with Crippen LogP contribution in [0.5, 0.6) is 0 Å². The molecule has 1 saturated heterocycles. The number of amides is 2. The molecule has 0 bridgehead atoms. The molecule has 3 rings (SSSR count). The predicted octanol–water partition coefficient (Wildman–Crippen LogP) is 3.94. The van der Waals surface area contributed by atoms with Gasteiger partial charge in [-0.25, -0.2) is 4.79 Å². The van der Waals surface area contributed by atoms with Gasteiger partial charge < -0.3 is 19.5 Å². The molecule has 2 aromatic rings. The number of carbonyl (C=O) groups is 1. The Morgan fingerprint density at radius 1 is 1.25 bits per heavy atom. The van der Waals surface area contributed by atoms with Crippen molar-refractivity contribution >= 4 is 22.6 Å². The van der Waals surface area contributed by atoms with E-state index in [4.69, 9.17) is 4.74 Å². The Kier molecular flexibility index (Phi) is 4.81. The highest BCUT2D eigenvalue weighted by atomic mass is 16.5. The fraction of sp³-hybridized carbons (Fsp3) is 0.526. The molecule has 1 N–H and O–H groups in total. The first-order chi connectivity index (χ1) is 11.4. The highest BCUT2D eigenvalue weighted by Gasteiger charge is 2.25. The molecule has 5 nitrogen and oxygen atoms in total. The molecule has 1 aromatic carbocycles.